The van der Waals surface area contributed by atoms with Gasteiger partial charge in [-0.15, -0.1) is 0 Å². The lowest BCUT2D eigenvalue weighted by Gasteiger charge is -2.44. The molecule has 0 amide bonds. The zero-order chi connectivity index (χ0) is 18.1. The fourth-order valence-corrected chi connectivity index (χ4v) is 4.24. The van der Waals surface area contributed by atoms with Gasteiger partial charge < -0.3 is 9.64 Å². The monoisotopic (exact) mass is 388 g/mol. The van der Waals surface area contributed by atoms with Crippen LogP contribution in [0.2, 0.25) is 10.0 Å². The van der Waals surface area contributed by atoms with Crippen LogP contribution in [0.1, 0.15) is 43.0 Å². The normalized spacial score (nSPS) is 25.1. The fraction of sp³-hybridized carbons (Fsp3) is 0.381. The van der Waals surface area contributed by atoms with E-state index in [1.165, 1.54) is 5.56 Å². The van der Waals surface area contributed by atoms with E-state index in [0.29, 0.717) is 12.6 Å². The first-order valence-electron chi connectivity index (χ1n) is 9.11. The van der Waals surface area contributed by atoms with Crippen molar-refractivity contribution in [1.29, 1.82) is 0 Å². The molecular formula is C21H22Cl2N2O. The van der Waals surface area contributed by atoms with Crippen molar-refractivity contribution in [2.45, 2.75) is 38.0 Å². The highest BCUT2D eigenvalue weighted by atomic mass is 35.5. The number of hydrogen-bond donors (Lipinski definition) is 0. The second-order valence-corrected chi connectivity index (χ2v) is 7.76. The van der Waals surface area contributed by atoms with Crippen LogP contribution in [0.15, 0.2) is 53.5 Å². The maximum Gasteiger partial charge on any atom is 0.126 e. The van der Waals surface area contributed by atoms with Crippen molar-refractivity contribution < 1.29 is 4.74 Å². The van der Waals surface area contributed by atoms with E-state index in [-0.39, 0.29) is 12.1 Å². The molecule has 3 nitrogen and oxygen atoms in total. The summed E-state index contributed by atoms with van der Waals surface area (Å²) in [5.41, 5.74) is 2.33. The molecule has 2 aromatic carbocycles. The van der Waals surface area contributed by atoms with E-state index in [4.69, 9.17) is 32.9 Å². The molecule has 0 aliphatic carbocycles. The Bertz CT molecular complexity index is 789. The number of hydrogen-bond acceptors (Lipinski definition) is 3. The van der Waals surface area contributed by atoms with Crippen LogP contribution in [0.5, 0.6) is 0 Å². The minimum atomic E-state index is -0.0650. The molecule has 0 N–H and O–H groups in total. The molecule has 1 saturated heterocycles. The Hall–Kier alpha value is -1.55. The average Bonchev–Trinajstić information content (AvgIpc) is 3.06. The Morgan fingerprint density at radius 3 is 2.23 bits per heavy atom. The first kappa shape index (κ1) is 17.8. The van der Waals surface area contributed by atoms with Gasteiger partial charge in [0, 0.05) is 10.0 Å². The maximum absolute atomic E-state index is 6.29. The standard InChI is InChI=1S/C21H22Cl2N2O/c1-2-3-18-12-24-19-13-26-21(15-6-10-17(23)11-7-15)20(25(18)19)14-4-8-16(22)9-5-14/h4-11,18,20-21H,2-3,12-13H2,1H3/t18-,20-,21+/m1/s1. The predicted octanol–water partition coefficient (Wildman–Crippen LogP) is 5.69. The first-order chi connectivity index (χ1) is 12.7. The molecule has 5 heteroatoms. The van der Waals surface area contributed by atoms with E-state index in [2.05, 4.69) is 36.1 Å². The molecule has 26 heavy (non-hydrogen) atoms. The fourth-order valence-electron chi connectivity index (χ4n) is 3.99. The lowest BCUT2D eigenvalue weighted by Crippen LogP contribution is -2.48. The van der Waals surface area contributed by atoms with Gasteiger partial charge in [0.1, 0.15) is 18.5 Å². The Balaban J connectivity index is 1.76. The van der Waals surface area contributed by atoms with E-state index in [9.17, 15) is 0 Å². The first-order valence-corrected chi connectivity index (χ1v) is 9.87. The van der Waals surface area contributed by atoms with Gasteiger partial charge in [-0.1, -0.05) is 60.8 Å². The summed E-state index contributed by atoms with van der Waals surface area (Å²) in [7, 11) is 0. The SMILES string of the molecule is CCC[C@@H]1CN=C2CO[C@@H](c3ccc(Cl)cc3)[C@@H](c3ccc(Cl)cc3)N21. The molecule has 0 bridgehead atoms. The van der Waals surface area contributed by atoms with Gasteiger partial charge >= 0.3 is 0 Å². The summed E-state index contributed by atoms with van der Waals surface area (Å²) < 4.78 is 6.29. The van der Waals surface area contributed by atoms with Crippen molar-refractivity contribution in [2.75, 3.05) is 13.2 Å². The number of aliphatic imine (C=N–C) groups is 1. The van der Waals surface area contributed by atoms with Gasteiger partial charge in [-0.05, 0) is 41.8 Å². The molecule has 0 spiro atoms. The molecule has 1 fully saturated rings. The molecule has 2 aliphatic heterocycles. The van der Waals surface area contributed by atoms with Crippen LogP contribution in [0, 0.1) is 0 Å². The summed E-state index contributed by atoms with van der Waals surface area (Å²) in [6, 6.07) is 16.6. The van der Waals surface area contributed by atoms with Gasteiger partial charge in [0.15, 0.2) is 0 Å². The Kier molecular flexibility index (Phi) is 5.21. The Morgan fingerprint density at radius 1 is 1.00 bits per heavy atom. The zero-order valence-electron chi connectivity index (χ0n) is 14.7. The van der Waals surface area contributed by atoms with Crippen LogP contribution in [-0.2, 0) is 4.74 Å². The molecule has 0 aromatic heterocycles. The van der Waals surface area contributed by atoms with Crippen LogP contribution in [0.3, 0.4) is 0 Å². The van der Waals surface area contributed by atoms with Crippen LogP contribution >= 0.6 is 23.2 Å². The zero-order valence-corrected chi connectivity index (χ0v) is 16.2. The summed E-state index contributed by atoms with van der Waals surface area (Å²) in [5.74, 6) is 1.06. The molecule has 136 valence electrons. The number of ether oxygens (including phenoxy) is 1. The Morgan fingerprint density at radius 2 is 1.62 bits per heavy atom. The third-order valence-electron chi connectivity index (χ3n) is 5.19. The van der Waals surface area contributed by atoms with Crippen molar-refractivity contribution in [3.8, 4) is 0 Å². The lowest BCUT2D eigenvalue weighted by molar-refractivity contribution is -0.0189. The average molecular weight is 389 g/mol. The van der Waals surface area contributed by atoms with Gasteiger partial charge in [-0.25, -0.2) is 0 Å². The largest absolute Gasteiger partial charge is 0.363 e. The molecule has 2 aliphatic rings. The number of benzene rings is 2. The minimum absolute atomic E-state index is 0.0650. The smallest absolute Gasteiger partial charge is 0.126 e. The number of halogens is 2. The van der Waals surface area contributed by atoms with Crippen LogP contribution < -0.4 is 0 Å². The number of nitrogens with zero attached hydrogens (tertiary/aromatic N) is 2. The molecule has 2 heterocycles. The van der Waals surface area contributed by atoms with Gasteiger partial charge in [0.05, 0.1) is 18.6 Å². The van der Waals surface area contributed by atoms with Gasteiger partial charge in [0.25, 0.3) is 0 Å². The molecular weight excluding hydrogens is 367 g/mol. The number of amidine groups is 1. The van der Waals surface area contributed by atoms with E-state index in [0.717, 1.165) is 40.8 Å². The molecule has 3 atom stereocenters. The highest BCUT2D eigenvalue weighted by Crippen LogP contribution is 2.43. The van der Waals surface area contributed by atoms with Crippen molar-refractivity contribution in [3.05, 3.63) is 69.7 Å². The second kappa shape index (κ2) is 7.59. The van der Waals surface area contributed by atoms with Crippen molar-refractivity contribution in [2.24, 2.45) is 4.99 Å². The highest BCUT2D eigenvalue weighted by molar-refractivity contribution is 6.30. The van der Waals surface area contributed by atoms with E-state index in [1.807, 2.05) is 24.3 Å². The third kappa shape index (κ3) is 3.36. The van der Waals surface area contributed by atoms with Crippen molar-refractivity contribution in [1.82, 2.24) is 4.90 Å². The van der Waals surface area contributed by atoms with Gasteiger partial charge in [0.2, 0.25) is 0 Å². The van der Waals surface area contributed by atoms with Crippen molar-refractivity contribution >= 4 is 29.0 Å². The summed E-state index contributed by atoms with van der Waals surface area (Å²) >= 11 is 12.2. The number of fused-ring (bicyclic) bond motifs is 1. The lowest BCUT2D eigenvalue weighted by atomic mass is 9.91. The van der Waals surface area contributed by atoms with Crippen LogP contribution in [0.4, 0.5) is 0 Å². The molecule has 0 unspecified atom stereocenters. The van der Waals surface area contributed by atoms with Crippen LogP contribution in [-0.4, -0.2) is 29.9 Å². The molecule has 4 rings (SSSR count). The quantitative estimate of drug-likeness (QED) is 0.671. The van der Waals surface area contributed by atoms with Gasteiger partial charge in [-0.3, -0.25) is 4.99 Å². The predicted molar refractivity (Wildman–Crippen MR) is 107 cm³/mol. The molecule has 0 saturated carbocycles. The topological polar surface area (TPSA) is 24.8 Å². The van der Waals surface area contributed by atoms with Crippen molar-refractivity contribution in [3.63, 3.8) is 0 Å². The van der Waals surface area contributed by atoms with Gasteiger partial charge in [-0.2, -0.15) is 0 Å². The second-order valence-electron chi connectivity index (χ2n) is 6.89. The minimum Gasteiger partial charge on any atom is -0.363 e. The van der Waals surface area contributed by atoms with E-state index in [1.54, 1.807) is 0 Å². The van der Waals surface area contributed by atoms with E-state index < -0.39 is 0 Å². The molecule has 0 radical (unpaired) electrons. The highest BCUT2D eigenvalue weighted by Gasteiger charge is 2.42. The molecule has 2 aromatic rings. The summed E-state index contributed by atoms with van der Waals surface area (Å²) in [5, 5.41) is 1.48. The number of morpholine rings is 1. The third-order valence-corrected chi connectivity index (χ3v) is 5.69. The summed E-state index contributed by atoms with van der Waals surface area (Å²) in [6.07, 6.45) is 2.21. The Labute approximate surface area is 164 Å². The van der Waals surface area contributed by atoms with Crippen LogP contribution in [0.25, 0.3) is 0 Å². The summed E-state index contributed by atoms with van der Waals surface area (Å²) in [6.45, 7) is 3.63. The summed E-state index contributed by atoms with van der Waals surface area (Å²) in [4.78, 5) is 7.25. The maximum atomic E-state index is 6.29. The van der Waals surface area contributed by atoms with E-state index >= 15 is 0 Å². The number of rotatable bonds is 4.